The summed E-state index contributed by atoms with van der Waals surface area (Å²) in [6.45, 7) is 3.76. The zero-order valence-electron chi connectivity index (χ0n) is 18.6. The van der Waals surface area contributed by atoms with Crippen LogP contribution in [0.5, 0.6) is 5.75 Å². The van der Waals surface area contributed by atoms with Crippen molar-refractivity contribution in [2.24, 2.45) is 10.7 Å². The minimum Gasteiger partial charge on any atom is -0.495 e. The van der Waals surface area contributed by atoms with Gasteiger partial charge in [0.05, 0.1) is 29.4 Å². The average Bonchev–Trinajstić information content (AvgIpc) is 3.17. The smallest absolute Gasteiger partial charge is 0.184 e. The lowest BCUT2D eigenvalue weighted by Crippen LogP contribution is -2.29. The fourth-order valence-electron chi connectivity index (χ4n) is 4.41. The first-order valence-corrected chi connectivity index (χ1v) is 12.2. The van der Waals surface area contributed by atoms with Crippen molar-refractivity contribution in [3.05, 3.63) is 71.2 Å². The first-order valence-electron chi connectivity index (χ1n) is 10.7. The van der Waals surface area contributed by atoms with Gasteiger partial charge in [0.15, 0.2) is 9.84 Å². The molecule has 2 aliphatic heterocycles. The zero-order valence-corrected chi connectivity index (χ0v) is 19.4. The van der Waals surface area contributed by atoms with Gasteiger partial charge >= 0.3 is 0 Å². The fourth-order valence-corrected chi connectivity index (χ4v) is 5.62. The Morgan fingerprint density at radius 2 is 2.00 bits per heavy atom. The predicted molar refractivity (Wildman–Crippen MR) is 129 cm³/mol. The van der Waals surface area contributed by atoms with Crippen LogP contribution in [-0.2, 0) is 9.84 Å². The van der Waals surface area contributed by atoms with E-state index in [0.717, 1.165) is 22.7 Å². The molecular weight excluding hydrogens is 441 g/mol. The number of fused-ring (bicyclic) bond motifs is 4. The number of nitrogens with zero attached hydrogens (tertiary/aromatic N) is 2. The van der Waals surface area contributed by atoms with Crippen molar-refractivity contribution >= 4 is 38.2 Å². The second-order valence-electron chi connectivity index (χ2n) is 8.47. The fraction of sp³-hybridized carbons (Fsp3) is 0.240. The molecule has 2 heterocycles. The van der Waals surface area contributed by atoms with Gasteiger partial charge in [-0.05, 0) is 44.2 Å². The number of aliphatic imine (C=N–C) groups is 1. The van der Waals surface area contributed by atoms with Gasteiger partial charge < -0.3 is 15.4 Å². The summed E-state index contributed by atoms with van der Waals surface area (Å²) >= 11 is 0. The van der Waals surface area contributed by atoms with Crippen LogP contribution in [0.1, 0.15) is 31.4 Å². The minimum atomic E-state index is -3.58. The number of nitrogens with two attached hydrogens (primary N) is 1. The van der Waals surface area contributed by atoms with Crippen LogP contribution in [-0.4, -0.2) is 33.0 Å². The number of allylic oxidation sites excluding steroid dienone is 3. The summed E-state index contributed by atoms with van der Waals surface area (Å²) in [5, 5.41) is -0.602. The zero-order chi connectivity index (χ0) is 23.5. The van der Waals surface area contributed by atoms with E-state index in [1.807, 2.05) is 29.2 Å². The van der Waals surface area contributed by atoms with Crippen LogP contribution in [0.15, 0.2) is 64.1 Å². The molecule has 0 unspecified atom stereocenters. The van der Waals surface area contributed by atoms with Crippen LogP contribution in [0, 0.1) is 5.82 Å². The van der Waals surface area contributed by atoms with Gasteiger partial charge in [0.2, 0.25) is 0 Å². The molecule has 2 aromatic carbocycles. The van der Waals surface area contributed by atoms with Crippen molar-refractivity contribution in [1.82, 2.24) is 0 Å². The highest BCUT2D eigenvalue weighted by molar-refractivity contribution is 7.92. The maximum absolute atomic E-state index is 14.6. The van der Waals surface area contributed by atoms with E-state index in [0.29, 0.717) is 35.5 Å². The summed E-state index contributed by atoms with van der Waals surface area (Å²) in [7, 11) is -2.12. The third kappa shape index (κ3) is 3.28. The van der Waals surface area contributed by atoms with Crippen LogP contribution in [0.25, 0.3) is 11.3 Å². The maximum Gasteiger partial charge on any atom is 0.184 e. The van der Waals surface area contributed by atoms with Crippen molar-refractivity contribution in [3.63, 3.8) is 0 Å². The van der Waals surface area contributed by atoms with E-state index < -0.39 is 15.1 Å². The largest absolute Gasteiger partial charge is 0.495 e. The van der Waals surface area contributed by atoms with Crippen LogP contribution in [0.4, 0.5) is 15.8 Å². The molecule has 0 atom stereocenters. The number of hydrogen-bond acceptors (Lipinski definition) is 6. The second-order valence-corrected chi connectivity index (χ2v) is 10.9. The molecule has 0 saturated carbocycles. The van der Waals surface area contributed by atoms with Crippen molar-refractivity contribution in [2.75, 3.05) is 18.6 Å². The molecule has 0 amide bonds. The Morgan fingerprint density at radius 1 is 1.21 bits per heavy atom. The lowest BCUT2D eigenvalue weighted by atomic mass is 9.94. The van der Waals surface area contributed by atoms with Gasteiger partial charge in [-0.15, -0.1) is 0 Å². The van der Waals surface area contributed by atoms with Gasteiger partial charge in [0, 0.05) is 47.1 Å². The average molecular weight is 466 g/mol. The topological polar surface area (TPSA) is 85.0 Å². The molecule has 0 saturated heterocycles. The molecule has 2 aromatic rings. The van der Waals surface area contributed by atoms with Crippen molar-refractivity contribution in [3.8, 4) is 5.75 Å². The Balaban J connectivity index is 1.63. The van der Waals surface area contributed by atoms with Crippen LogP contribution >= 0.6 is 0 Å². The van der Waals surface area contributed by atoms with E-state index >= 15 is 0 Å². The molecular formula is C25H24FN3O3S. The number of anilines is 1. The molecule has 170 valence electrons. The van der Waals surface area contributed by atoms with Gasteiger partial charge in [-0.3, -0.25) is 4.99 Å². The minimum absolute atomic E-state index is 0.120. The second kappa shape index (κ2) is 7.59. The first-order chi connectivity index (χ1) is 15.7. The van der Waals surface area contributed by atoms with E-state index in [1.165, 1.54) is 13.2 Å². The first kappa shape index (κ1) is 21.5. The number of methoxy groups -OCH3 is 1. The molecule has 6 nitrogen and oxygen atoms in total. The van der Waals surface area contributed by atoms with E-state index in [2.05, 4.69) is 4.99 Å². The van der Waals surface area contributed by atoms with Gasteiger partial charge in [-0.25, -0.2) is 12.8 Å². The number of hydrogen-bond donors (Lipinski definition) is 1. The highest BCUT2D eigenvalue weighted by Crippen LogP contribution is 2.44. The molecule has 0 fully saturated rings. The molecule has 0 bridgehead atoms. The number of ether oxygens (including phenoxy) is 1. The third-order valence-corrected chi connectivity index (χ3v) is 8.41. The number of rotatable bonds is 4. The standard InChI is InChI=1S/C25H24FN3O3S/c1-14(2)33(30,31)24-12-16-19(27)9-10-29(22(16)13-23(24)32-3)15-7-8-20-17(11-15)25-18(26)5-4-6-21(25)28-20/h4-7,9,11-14H,8,10,27H2,1-3H3. The molecule has 0 aromatic heterocycles. The lowest BCUT2D eigenvalue weighted by Gasteiger charge is -2.33. The van der Waals surface area contributed by atoms with Crippen LogP contribution < -0.4 is 15.4 Å². The molecule has 2 N–H and O–H groups in total. The van der Waals surface area contributed by atoms with Crippen LogP contribution in [0.3, 0.4) is 0 Å². The quantitative estimate of drug-likeness (QED) is 0.714. The Hall–Kier alpha value is -3.39. The van der Waals surface area contributed by atoms with Crippen molar-refractivity contribution in [2.45, 2.75) is 30.4 Å². The van der Waals surface area contributed by atoms with Crippen molar-refractivity contribution < 1.29 is 17.5 Å². The molecule has 1 aliphatic carbocycles. The molecule has 3 aliphatic rings. The predicted octanol–water partition coefficient (Wildman–Crippen LogP) is 4.59. The third-order valence-electron chi connectivity index (χ3n) is 6.24. The summed E-state index contributed by atoms with van der Waals surface area (Å²) < 4.78 is 46.0. The Morgan fingerprint density at radius 3 is 2.73 bits per heavy atom. The Kier molecular flexibility index (Phi) is 4.93. The molecule has 0 spiro atoms. The summed E-state index contributed by atoms with van der Waals surface area (Å²) in [5.41, 5.74) is 11.8. The SMILES string of the molecule is COc1cc2c(cc1S(=O)(=O)C(C)C)C(N)=CCN2C1=CCC2=Nc3cccc(F)c3C2=C1. The monoisotopic (exact) mass is 465 g/mol. The van der Waals surface area contributed by atoms with Crippen molar-refractivity contribution in [1.29, 1.82) is 0 Å². The van der Waals surface area contributed by atoms with Gasteiger partial charge in [0.25, 0.3) is 0 Å². The maximum atomic E-state index is 14.6. The number of halogens is 1. The van der Waals surface area contributed by atoms with E-state index in [4.69, 9.17) is 10.5 Å². The Bertz CT molecular complexity index is 1420. The highest BCUT2D eigenvalue weighted by atomic mass is 32.2. The summed E-state index contributed by atoms with van der Waals surface area (Å²) in [6, 6.07) is 8.22. The summed E-state index contributed by atoms with van der Waals surface area (Å²) in [4.78, 5) is 6.73. The van der Waals surface area contributed by atoms with E-state index in [-0.39, 0.29) is 16.5 Å². The van der Waals surface area contributed by atoms with Gasteiger partial charge in [-0.2, -0.15) is 0 Å². The summed E-state index contributed by atoms with van der Waals surface area (Å²) in [6.07, 6.45) is 6.39. The molecule has 33 heavy (non-hydrogen) atoms. The van der Waals surface area contributed by atoms with Gasteiger partial charge in [-0.1, -0.05) is 12.1 Å². The molecule has 5 rings (SSSR count). The van der Waals surface area contributed by atoms with E-state index in [1.54, 1.807) is 32.0 Å². The van der Waals surface area contributed by atoms with Crippen LogP contribution in [0.2, 0.25) is 0 Å². The normalized spacial score (nSPS) is 16.9. The number of benzene rings is 2. The number of sulfone groups is 1. The lowest BCUT2D eigenvalue weighted by molar-refractivity contribution is 0.402. The summed E-state index contributed by atoms with van der Waals surface area (Å²) in [5.74, 6) is -0.0298. The highest BCUT2D eigenvalue weighted by Gasteiger charge is 2.31. The molecule has 8 heteroatoms. The van der Waals surface area contributed by atoms with Gasteiger partial charge in [0.1, 0.15) is 16.5 Å². The Labute approximate surface area is 192 Å². The molecule has 0 radical (unpaired) electrons. The van der Waals surface area contributed by atoms with E-state index in [9.17, 15) is 12.8 Å².